The lowest BCUT2D eigenvalue weighted by molar-refractivity contribution is 0.0528. The van der Waals surface area contributed by atoms with Crippen LogP contribution in [0.4, 0.5) is 0 Å². The molecule has 1 heterocycles. The summed E-state index contributed by atoms with van der Waals surface area (Å²) in [5.74, 6) is -0.227. The number of carbonyl (C=O) groups excluding carboxylic acids is 1. The SMILES string of the molecule is CCOC(=O)c1c(C)c2oc(OCC)c(C#N)c3ccccc1c32. The van der Waals surface area contributed by atoms with Gasteiger partial charge in [-0.05, 0) is 20.8 Å². The Hall–Kier alpha value is -3.00. The minimum Gasteiger partial charge on any atom is -0.464 e. The van der Waals surface area contributed by atoms with E-state index in [1.54, 1.807) is 6.92 Å². The Morgan fingerprint density at radius 1 is 1.21 bits per heavy atom. The Bertz CT molecular complexity index is 979. The van der Waals surface area contributed by atoms with Gasteiger partial charge in [-0.15, -0.1) is 0 Å². The Morgan fingerprint density at radius 2 is 1.92 bits per heavy atom. The largest absolute Gasteiger partial charge is 0.464 e. The maximum absolute atomic E-state index is 12.4. The van der Waals surface area contributed by atoms with Gasteiger partial charge in [-0.1, -0.05) is 24.3 Å². The summed E-state index contributed by atoms with van der Waals surface area (Å²) < 4.78 is 16.5. The summed E-state index contributed by atoms with van der Waals surface area (Å²) in [6.45, 7) is 6.07. The van der Waals surface area contributed by atoms with Gasteiger partial charge in [-0.2, -0.15) is 5.26 Å². The van der Waals surface area contributed by atoms with Gasteiger partial charge in [0, 0.05) is 21.7 Å². The molecule has 3 aromatic rings. The zero-order valence-electron chi connectivity index (χ0n) is 13.8. The average molecular weight is 323 g/mol. The quantitative estimate of drug-likeness (QED) is 0.668. The lowest BCUT2D eigenvalue weighted by atomic mass is 10.1. The van der Waals surface area contributed by atoms with Crippen molar-refractivity contribution in [1.82, 2.24) is 0 Å². The topological polar surface area (TPSA) is 72.5 Å². The first-order valence-electron chi connectivity index (χ1n) is 7.81. The highest BCUT2D eigenvalue weighted by Gasteiger charge is 2.25. The Labute approximate surface area is 139 Å². The number of aryl methyl sites for hydroxylation is 1. The van der Waals surface area contributed by atoms with E-state index in [2.05, 4.69) is 6.07 Å². The number of ether oxygens (including phenoxy) is 2. The third-order valence-corrected chi connectivity index (χ3v) is 3.92. The molecule has 0 aliphatic carbocycles. The lowest BCUT2D eigenvalue weighted by Gasteiger charge is -2.06. The van der Waals surface area contributed by atoms with Crippen LogP contribution in [0.1, 0.15) is 35.3 Å². The molecule has 3 rings (SSSR count). The molecule has 122 valence electrons. The monoisotopic (exact) mass is 323 g/mol. The van der Waals surface area contributed by atoms with Crippen molar-refractivity contribution < 1.29 is 18.7 Å². The normalized spacial score (nSPS) is 10.8. The van der Waals surface area contributed by atoms with Crippen LogP contribution in [0.2, 0.25) is 0 Å². The fourth-order valence-corrected chi connectivity index (χ4v) is 2.97. The van der Waals surface area contributed by atoms with Gasteiger partial charge in [-0.25, -0.2) is 4.79 Å². The maximum Gasteiger partial charge on any atom is 0.339 e. The first-order valence-corrected chi connectivity index (χ1v) is 7.81. The summed E-state index contributed by atoms with van der Waals surface area (Å²) in [6.07, 6.45) is 0. The first kappa shape index (κ1) is 15.9. The number of nitriles is 1. The summed E-state index contributed by atoms with van der Waals surface area (Å²) in [6, 6.07) is 9.48. The van der Waals surface area contributed by atoms with Gasteiger partial charge < -0.3 is 13.9 Å². The molecule has 0 spiro atoms. The smallest absolute Gasteiger partial charge is 0.339 e. The number of hydrogen-bond donors (Lipinski definition) is 0. The van der Waals surface area contributed by atoms with E-state index in [-0.39, 0.29) is 5.95 Å². The second-order valence-electron chi connectivity index (χ2n) is 5.28. The number of hydrogen-bond acceptors (Lipinski definition) is 5. The Kier molecular flexibility index (Phi) is 4.13. The summed E-state index contributed by atoms with van der Waals surface area (Å²) >= 11 is 0. The highest BCUT2D eigenvalue weighted by atomic mass is 16.6. The van der Waals surface area contributed by atoms with Crippen LogP contribution in [0, 0.1) is 18.3 Å². The maximum atomic E-state index is 12.4. The van der Waals surface area contributed by atoms with E-state index in [0.717, 1.165) is 5.39 Å². The van der Waals surface area contributed by atoms with Crippen LogP contribution in [-0.4, -0.2) is 19.2 Å². The molecule has 0 amide bonds. The third-order valence-electron chi connectivity index (χ3n) is 3.92. The lowest BCUT2D eigenvalue weighted by Crippen LogP contribution is -2.05. The zero-order chi connectivity index (χ0) is 17.3. The minimum absolute atomic E-state index is 0.170. The molecule has 0 unspecified atom stereocenters. The number of rotatable bonds is 4. The molecule has 2 aromatic carbocycles. The Morgan fingerprint density at radius 3 is 2.54 bits per heavy atom. The predicted molar refractivity (Wildman–Crippen MR) is 90.3 cm³/mol. The van der Waals surface area contributed by atoms with E-state index in [9.17, 15) is 10.1 Å². The summed E-state index contributed by atoms with van der Waals surface area (Å²) in [5.41, 5.74) is 2.02. The van der Waals surface area contributed by atoms with E-state index in [0.29, 0.717) is 46.3 Å². The number of carbonyl (C=O) groups is 1. The van der Waals surface area contributed by atoms with Crippen molar-refractivity contribution >= 4 is 27.7 Å². The number of esters is 1. The summed E-state index contributed by atoms with van der Waals surface area (Å²) in [4.78, 5) is 12.4. The molecule has 0 N–H and O–H groups in total. The molecule has 0 saturated heterocycles. The average Bonchev–Trinajstić information content (AvgIpc) is 2.71. The zero-order valence-corrected chi connectivity index (χ0v) is 13.8. The van der Waals surface area contributed by atoms with Crippen LogP contribution in [0.5, 0.6) is 5.95 Å². The van der Waals surface area contributed by atoms with E-state index in [1.165, 1.54) is 0 Å². The van der Waals surface area contributed by atoms with Crippen molar-refractivity contribution in [3.8, 4) is 12.0 Å². The van der Waals surface area contributed by atoms with Gasteiger partial charge in [0.25, 0.3) is 0 Å². The molecule has 1 aromatic heterocycles. The fraction of sp³-hybridized carbons (Fsp3) is 0.263. The van der Waals surface area contributed by atoms with Crippen LogP contribution >= 0.6 is 0 Å². The molecule has 0 aliphatic rings. The van der Waals surface area contributed by atoms with Crippen LogP contribution in [0.25, 0.3) is 21.7 Å². The fourth-order valence-electron chi connectivity index (χ4n) is 2.97. The second-order valence-corrected chi connectivity index (χ2v) is 5.28. The molecule has 0 fully saturated rings. The molecular weight excluding hydrogens is 306 g/mol. The van der Waals surface area contributed by atoms with Gasteiger partial charge in [0.15, 0.2) is 0 Å². The van der Waals surface area contributed by atoms with Gasteiger partial charge in [0.1, 0.15) is 17.2 Å². The van der Waals surface area contributed by atoms with Crippen LogP contribution in [-0.2, 0) is 4.74 Å². The van der Waals surface area contributed by atoms with Crippen LogP contribution in [0.3, 0.4) is 0 Å². The van der Waals surface area contributed by atoms with E-state index in [1.807, 2.05) is 38.1 Å². The predicted octanol–water partition coefficient (Wildman–Crippen LogP) is 4.34. The van der Waals surface area contributed by atoms with Gasteiger partial charge in [0.2, 0.25) is 0 Å². The van der Waals surface area contributed by atoms with Gasteiger partial charge >= 0.3 is 11.9 Å². The first-order chi connectivity index (χ1) is 11.6. The van der Waals surface area contributed by atoms with Gasteiger partial charge in [0.05, 0.1) is 18.8 Å². The van der Waals surface area contributed by atoms with E-state index < -0.39 is 5.97 Å². The minimum atomic E-state index is -0.398. The summed E-state index contributed by atoms with van der Waals surface area (Å²) in [5, 5.41) is 11.7. The molecule has 24 heavy (non-hydrogen) atoms. The second kappa shape index (κ2) is 6.25. The van der Waals surface area contributed by atoms with E-state index >= 15 is 0 Å². The van der Waals surface area contributed by atoms with Crippen LogP contribution in [0.15, 0.2) is 28.7 Å². The van der Waals surface area contributed by atoms with Crippen molar-refractivity contribution in [2.75, 3.05) is 13.2 Å². The molecule has 0 radical (unpaired) electrons. The summed E-state index contributed by atoms with van der Waals surface area (Å²) in [7, 11) is 0. The highest BCUT2D eigenvalue weighted by molar-refractivity contribution is 6.20. The van der Waals surface area contributed by atoms with E-state index in [4.69, 9.17) is 13.9 Å². The van der Waals surface area contributed by atoms with Crippen molar-refractivity contribution in [1.29, 1.82) is 5.26 Å². The molecule has 0 atom stereocenters. The molecule has 5 heteroatoms. The van der Waals surface area contributed by atoms with Crippen molar-refractivity contribution in [2.24, 2.45) is 0 Å². The van der Waals surface area contributed by atoms with Crippen molar-refractivity contribution in [3.05, 3.63) is 41.0 Å². The van der Waals surface area contributed by atoms with Crippen molar-refractivity contribution in [3.63, 3.8) is 0 Å². The van der Waals surface area contributed by atoms with Crippen LogP contribution < -0.4 is 4.74 Å². The molecule has 0 aliphatic heterocycles. The van der Waals surface area contributed by atoms with Gasteiger partial charge in [-0.3, -0.25) is 0 Å². The standard InChI is InChI=1S/C19H17NO4/c1-4-22-18(21)15-11(3)17-16-12(8-6-7-9-13(15)16)14(10-20)19(24-17)23-5-2/h6-9H,4-5H2,1-3H3. The van der Waals surface area contributed by atoms with Crippen molar-refractivity contribution in [2.45, 2.75) is 20.8 Å². The Balaban J connectivity index is 2.50. The molecule has 5 nitrogen and oxygen atoms in total. The molecule has 0 bridgehead atoms. The third kappa shape index (κ3) is 2.28. The highest BCUT2D eigenvalue weighted by Crippen LogP contribution is 2.40. The molecular formula is C19H17NO4. The number of nitrogens with zero attached hydrogens (tertiary/aromatic N) is 1. The molecule has 0 saturated carbocycles.